The second-order valence-electron chi connectivity index (χ2n) is 2.84. The van der Waals surface area contributed by atoms with Gasteiger partial charge in [0.05, 0.1) is 7.11 Å². The van der Waals surface area contributed by atoms with Crippen LogP contribution in [0.3, 0.4) is 0 Å². The number of carboxylic acids is 1. The van der Waals surface area contributed by atoms with Crippen molar-refractivity contribution in [3.05, 3.63) is 0 Å². The van der Waals surface area contributed by atoms with E-state index in [2.05, 4.69) is 10.1 Å². The van der Waals surface area contributed by atoms with Crippen LogP contribution in [0.15, 0.2) is 0 Å². The Balaban J connectivity index is 3.66. The molecule has 0 aliphatic rings. The van der Waals surface area contributed by atoms with Gasteiger partial charge in [-0.25, -0.2) is 0 Å². The SMILES string of the molecule is COC(=O)CNC(=O)CC[C@H](N)C(=O)O. The van der Waals surface area contributed by atoms with Crippen LogP contribution in [0.1, 0.15) is 12.8 Å². The van der Waals surface area contributed by atoms with E-state index in [1.54, 1.807) is 0 Å². The molecular weight excluding hydrogens is 204 g/mol. The molecule has 0 aliphatic carbocycles. The molecule has 0 spiro atoms. The van der Waals surface area contributed by atoms with Crippen LogP contribution in [-0.2, 0) is 19.1 Å². The fourth-order valence-electron chi connectivity index (χ4n) is 0.741. The van der Waals surface area contributed by atoms with Crippen molar-refractivity contribution in [2.75, 3.05) is 13.7 Å². The lowest BCUT2D eigenvalue weighted by Gasteiger charge is -2.06. The van der Waals surface area contributed by atoms with Crippen molar-refractivity contribution >= 4 is 17.8 Å². The normalized spacial score (nSPS) is 11.6. The van der Waals surface area contributed by atoms with Crippen molar-refractivity contribution in [1.82, 2.24) is 5.32 Å². The number of hydrogen-bond donors (Lipinski definition) is 3. The maximum atomic E-state index is 11.0. The van der Waals surface area contributed by atoms with Gasteiger partial charge in [0.15, 0.2) is 0 Å². The Morgan fingerprint density at radius 1 is 1.47 bits per heavy atom. The zero-order valence-corrected chi connectivity index (χ0v) is 8.36. The number of aliphatic carboxylic acids is 1. The van der Waals surface area contributed by atoms with Gasteiger partial charge in [-0.2, -0.15) is 0 Å². The Morgan fingerprint density at radius 3 is 2.53 bits per heavy atom. The third-order valence-corrected chi connectivity index (χ3v) is 1.66. The predicted octanol–water partition coefficient (Wildman–Crippen LogP) is -1.53. The summed E-state index contributed by atoms with van der Waals surface area (Å²) in [5.74, 6) is -2.15. The van der Waals surface area contributed by atoms with Crippen molar-refractivity contribution in [1.29, 1.82) is 0 Å². The first kappa shape index (κ1) is 13.4. The lowest BCUT2D eigenvalue weighted by atomic mass is 10.1. The summed E-state index contributed by atoms with van der Waals surface area (Å²) in [5.41, 5.74) is 5.18. The monoisotopic (exact) mass is 218 g/mol. The minimum absolute atomic E-state index is 0.0301. The third-order valence-electron chi connectivity index (χ3n) is 1.66. The minimum atomic E-state index is -1.16. The van der Waals surface area contributed by atoms with Gasteiger partial charge < -0.3 is 20.9 Å². The Morgan fingerprint density at radius 2 is 2.07 bits per heavy atom. The van der Waals surface area contributed by atoms with Gasteiger partial charge in [0.25, 0.3) is 0 Å². The van der Waals surface area contributed by atoms with E-state index >= 15 is 0 Å². The van der Waals surface area contributed by atoms with Crippen LogP contribution in [0.5, 0.6) is 0 Å². The zero-order valence-electron chi connectivity index (χ0n) is 8.36. The molecule has 0 bridgehead atoms. The zero-order chi connectivity index (χ0) is 11.8. The molecule has 0 fully saturated rings. The summed E-state index contributed by atoms with van der Waals surface area (Å²) < 4.78 is 4.29. The van der Waals surface area contributed by atoms with Gasteiger partial charge in [0, 0.05) is 6.42 Å². The van der Waals surface area contributed by atoms with Crippen LogP contribution >= 0.6 is 0 Å². The predicted molar refractivity (Wildman–Crippen MR) is 49.9 cm³/mol. The number of methoxy groups -OCH3 is 1. The first-order chi connectivity index (χ1) is 6.97. The lowest BCUT2D eigenvalue weighted by molar-refractivity contribution is -0.141. The first-order valence-electron chi connectivity index (χ1n) is 4.29. The molecule has 86 valence electrons. The van der Waals surface area contributed by atoms with Crippen molar-refractivity contribution in [2.24, 2.45) is 5.73 Å². The minimum Gasteiger partial charge on any atom is -0.480 e. The molecule has 0 saturated heterocycles. The number of ether oxygens (including phenoxy) is 1. The van der Waals surface area contributed by atoms with Crippen LogP contribution in [-0.4, -0.2) is 42.6 Å². The number of amides is 1. The van der Waals surface area contributed by atoms with Gasteiger partial charge in [0.2, 0.25) is 5.91 Å². The van der Waals surface area contributed by atoms with E-state index in [9.17, 15) is 14.4 Å². The second kappa shape index (κ2) is 6.77. The molecule has 4 N–H and O–H groups in total. The smallest absolute Gasteiger partial charge is 0.325 e. The number of hydrogen-bond acceptors (Lipinski definition) is 5. The molecule has 0 rings (SSSR count). The molecule has 0 aromatic heterocycles. The molecule has 0 saturated carbocycles. The summed E-state index contributed by atoms with van der Waals surface area (Å²) in [5, 5.41) is 10.7. The van der Waals surface area contributed by atoms with Crippen molar-refractivity contribution in [3.8, 4) is 0 Å². The highest BCUT2D eigenvalue weighted by molar-refractivity contribution is 5.82. The number of carbonyl (C=O) groups excluding carboxylic acids is 2. The number of rotatable bonds is 6. The van der Waals surface area contributed by atoms with Gasteiger partial charge in [-0.05, 0) is 6.42 Å². The summed E-state index contributed by atoms with van der Waals surface area (Å²) >= 11 is 0. The fourth-order valence-corrected chi connectivity index (χ4v) is 0.741. The van der Waals surface area contributed by atoms with Crippen LogP contribution in [0, 0.1) is 0 Å². The van der Waals surface area contributed by atoms with Gasteiger partial charge in [-0.3, -0.25) is 14.4 Å². The molecule has 0 aromatic rings. The van der Waals surface area contributed by atoms with E-state index in [0.717, 1.165) is 0 Å². The molecule has 0 unspecified atom stereocenters. The highest BCUT2D eigenvalue weighted by Gasteiger charge is 2.13. The Labute approximate surface area is 86.6 Å². The van der Waals surface area contributed by atoms with Gasteiger partial charge in [0.1, 0.15) is 12.6 Å². The van der Waals surface area contributed by atoms with Crippen LogP contribution in [0.4, 0.5) is 0 Å². The largest absolute Gasteiger partial charge is 0.480 e. The molecule has 1 amide bonds. The third kappa shape index (κ3) is 6.44. The summed E-state index contributed by atoms with van der Waals surface area (Å²) in [6.45, 7) is -0.225. The highest BCUT2D eigenvalue weighted by atomic mass is 16.5. The number of carboxylic acid groups (broad SMARTS) is 1. The molecule has 0 radical (unpaired) electrons. The van der Waals surface area contributed by atoms with E-state index in [1.807, 2.05) is 0 Å². The molecule has 7 nitrogen and oxygen atoms in total. The molecule has 15 heavy (non-hydrogen) atoms. The van der Waals surface area contributed by atoms with Crippen LogP contribution < -0.4 is 11.1 Å². The standard InChI is InChI=1S/C8H14N2O5/c1-15-7(12)4-10-6(11)3-2-5(9)8(13)14/h5H,2-4,9H2,1H3,(H,10,11)(H,13,14)/t5-/m0/s1. The Kier molecular flexibility index (Phi) is 6.03. The molecule has 0 aliphatic heterocycles. The topological polar surface area (TPSA) is 119 Å². The number of nitrogens with one attached hydrogen (secondary N) is 1. The Bertz CT molecular complexity index is 253. The lowest BCUT2D eigenvalue weighted by Crippen LogP contribution is -2.34. The summed E-state index contributed by atoms with van der Waals surface area (Å²) in [7, 11) is 1.20. The molecular formula is C8H14N2O5. The number of esters is 1. The summed E-state index contributed by atoms with van der Waals surface area (Å²) in [6.07, 6.45) is -0.00714. The number of carbonyl (C=O) groups is 3. The van der Waals surface area contributed by atoms with Gasteiger partial charge in [-0.1, -0.05) is 0 Å². The van der Waals surface area contributed by atoms with Crippen molar-refractivity contribution in [3.63, 3.8) is 0 Å². The second-order valence-corrected chi connectivity index (χ2v) is 2.84. The Hall–Kier alpha value is -1.63. The van der Waals surface area contributed by atoms with Crippen LogP contribution in [0.25, 0.3) is 0 Å². The van der Waals surface area contributed by atoms with Gasteiger partial charge in [-0.15, -0.1) is 0 Å². The van der Waals surface area contributed by atoms with Gasteiger partial charge >= 0.3 is 11.9 Å². The average Bonchev–Trinajstić information content (AvgIpc) is 2.21. The van der Waals surface area contributed by atoms with Crippen molar-refractivity contribution < 1.29 is 24.2 Å². The molecule has 0 heterocycles. The van der Waals surface area contributed by atoms with E-state index in [-0.39, 0.29) is 19.4 Å². The molecule has 1 atom stereocenters. The first-order valence-corrected chi connectivity index (χ1v) is 4.29. The molecule has 0 aromatic carbocycles. The van der Waals surface area contributed by atoms with E-state index in [1.165, 1.54) is 7.11 Å². The highest BCUT2D eigenvalue weighted by Crippen LogP contribution is 1.94. The maximum Gasteiger partial charge on any atom is 0.325 e. The van der Waals surface area contributed by atoms with Crippen molar-refractivity contribution in [2.45, 2.75) is 18.9 Å². The van der Waals surface area contributed by atoms with Crippen LogP contribution in [0.2, 0.25) is 0 Å². The van der Waals surface area contributed by atoms with E-state index in [0.29, 0.717) is 0 Å². The summed E-state index contributed by atoms with van der Waals surface area (Å²) in [4.78, 5) is 31.9. The summed E-state index contributed by atoms with van der Waals surface area (Å²) in [6, 6.07) is -1.06. The quantitative estimate of drug-likeness (QED) is 0.465. The average molecular weight is 218 g/mol. The van der Waals surface area contributed by atoms with E-state index < -0.39 is 23.9 Å². The van der Waals surface area contributed by atoms with E-state index in [4.69, 9.17) is 10.8 Å². The number of nitrogens with two attached hydrogens (primary N) is 1. The molecule has 7 heteroatoms. The fraction of sp³-hybridized carbons (Fsp3) is 0.625. The maximum absolute atomic E-state index is 11.0.